The Labute approximate surface area is 111 Å². The Bertz CT molecular complexity index is 719. The van der Waals surface area contributed by atoms with Gasteiger partial charge in [-0.2, -0.15) is 0 Å². The lowest BCUT2D eigenvalue weighted by Gasteiger charge is -2.15. The van der Waals surface area contributed by atoms with Crippen LogP contribution in [0.2, 0.25) is 0 Å². The summed E-state index contributed by atoms with van der Waals surface area (Å²) in [5, 5.41) is 2.16. The molecule has 1 unspecified atom stereocenters. The largest absolute Gasteiger partial charge is 0.398 e. The Balaban J connectivity index is 2.17. The van der Waals surface area contributed by atoms with E-state index in [1.54, 1.807) is 24.7 Å². The highest BCUT2D eigenvalue weighted by Gasteiger charge is 2.15. The molecule has 0 aliphatic rings. The monoisotopic (exact) mass is 250 g/mol. The second-order valence-corrected chi connectivity index (χ2v) is 4.40. The predicted octanol–water partition coefficient (Wildman–Crippen LogP) is 2.26. The summed E-state index contributed by atoms with van der Waals surface area (Å²) in [6.07, 6.45) is 5.12. The van der Waals surface area contributed by atoms with Gasteiger partial charge in [0.1, 0.15) is 0 Å². The molecule has 1 atom stereocenters. The minimum absolute atomic E-state index is 0.375. The van der Waals surface area contributed by atoms with Gasteiger partial charge in [-0.3, -0.25) is 9.97 Å². The van der Waals surface area contributed by atoms with Crippen molar-refractivity contribution < 1.29 is 0 Å². The molecule has 0 fully saturated rings. The minimum Gasteiger partial charge on any atom is -0.398 e. The van der Waals surface area contributed by atoms with Crippen LogP contribution in [0.4, 0.5) is 5.69 Å². The van der Waals surface area contributed by atoms with E-state index in [1.165, 1.54) is 0 Å². The Kier molecular flexibility index (Phi) is 2.85. The second kappa shape index (κ2) is 4.66. The number of rotatable bonds is 2. The molecule has 0 spiro atoms. The van der Waals surface area contributed by atoms with Gasteiger partial charge in [0.05, 0.1) is 11.7 Å². The summed E-state index contributed by atoms with van der Waals surface area (Å²) in [5.41, 5.74) is 14.5. The number of nitrogens with two attached hydrogens (primary N) is 2. The number of hydrogen-bond donors (Lipinski definition) is 2. The molecule has 94 valence electrons. The summed E-state index contributed by atoms with van der Waals surface area (Å²) in [6.45, 7) is 0. The lowest BCUT2D eigenvalue weighted by atomic mass is 9.99. The van der Waals surface area contributed by atoms with E-state index >= 15 is 0 Å². The number of fused-ring (bicyclic) bond motifs is 1. The van der Waals surface area contributed by atoms with E-state index in [1.807, 2.05) is 30.3 Å². The number of benzene rings is 1. The van der Waals surface area contributed by atoms with E-state index in [-0.39, 0.29) is 6.04 Å². The smallest absolute Gasteiger partial charge is 0.0768 e. The second-order valence-electron chi connectivity index (χ2n) is 4.40. The maximum Gasteiger partial charge on any atom is 0.0768 e. The molecular weight excluding hydrogens is 236 g/mol. The van der Waals surface area contributed by atoms with E-state index in [0.29, 0.717) is 5.69 Å². The first-order chi connectivity index (χ1) is 9.27. The molecule has 0 radical (unpaired) electrons. The standard InChI is InChI=1S/C15H14N4/c16-13-6-7-18-9-12(13)14(17)15-11-4-2-1-3-10(11)5-8-19-15/h1-9,14H,17H2,(H2,16,18). The predicted molar refractivity (Wildman–Crippen MR) is 76.4 cm³/mol. The Hall–Kier alpha value is -2.46. The first-order valence-corrected chi connectivity index (χ1v) is 6.06. The van der Waals surface area contributed by atoms with Crippen LogP contribution in [0.15, 0.2) is 55.0 Å². The van der Waals surface area contributed by atoms with Crippen LogP contribution in [-0.4, -0.2) is 9.97 Å². The minimum atomic E-state index is -0.375. The average molecular weight is 250 g/mol. The molecule has 2 heterocycles. The number of pyridine rings is 2. The Morgan fingerprint density at radius 3 is 2.68 bits per heavy atom. The molecule has 0 saturated heterocycles. The van der Waals surface area contributed by atoms with Crippen molar-refractivity contribution in [3.63, 3.8) is 0 Å². The molecule has 1 aromatic carbocycles. The van der Waals surface area contributed by atoms with Crippen LogP contribution in [0.5, 0.6) is 0 Å². The van der Waals surface area contributed by atoms with Gasteiger partial charge in [0.15, 0.2) is 0 Å². The lowest BCUT2D eigenvalue weighted by Crippen LogP contribution is -2.16. The normalized spacial score (nSPS) is 12.5. The van der Waals surface area contributed by atoms with Gasteiger partial charge >= 0.3 is 0 Å². The van der Waals surface area contributed by atoms with Crippen molar-refractivity contribution >= 4 is 16.5 Å². The zero-order valence-electron chi connectivity index (χ0n) is 10.3. The van der Waals surface area contributed by atoms with Crippen LogP contribution in [0.25, 0.3) is 10.8 Å². The Morgan fingerprint density at radius 1 is 1.00 bits per heavy atom. The van der Waals surface area contributed by atoms with Crippen molar-refractivity contribution in [3.8, 4) is 0 Å². The van der Waals surface area contributed by atoms with E-state index in [0.717, 1.165) is 22.0 Å². The summed E-state index contributed by atoms with van der Waals surface area (Å²) in [5.74, 6) is 0. The van der Waals surface area contributed by atoms with Gasteiger partial charge in [-0.1, -0.05) is 24.3 Å². The molecule has 4 nitrogen and oxygen atoms in total. The first kappa shape index (κ1) is 11.6. The number of nitrogen functional groups attached to an aromatic ring is 1. The van der Waals surface area contributed by atoms with Crippen molar-refractivity contribution in [2.45, 2.75) is 6.04 Å². The van der Waals surface area contributed by atoms with E-state index in [4.69, 9.17) is 11.5 Å². The molecule has 2 aromatic heterocycles. The van der Waals surface area contributed by atoms with E-state index in [9.17, 15) is 0 Å². The zero-order chi connectivity index (χ0) is 13.2. The molecule has 4 N–H and O–H groups in total. The van der Waals surface area contributed by atoms with Crippen molar-refractivity contribution in [1.82, 2.24) is 9.97 Å². The van der Waals surface area contributed by atoms with Crippen LogP contribution in [0.3, 0.4) is 0 Å². The third-order valence-electron chi connectivity index (χ3n) is 3.22. The van der Waals surface area contributed by atoms with Crippen LogP contribution in [0, 0.1) is 0 Å². The van der Waals surface area contributed by atoms with Crippen LogP contribution < -0.4 is 11.5 Å². The van der Waals surface area contributed by atoms with Gasteiger partial charge in [0, 0.05) is 35.2 Å². The number of nitrogens with zero attached hydrogens (tertiary/aromatic N) is 2. The van der Waals surface area contributed by atoms with E-state index < -0.39 is 0 Å². The highest BCUT2D eigenvalue weighted by Crippen LogP contribution is 2.27. The summed E-state index contributed by atoms with van der Waals surface area (Å²) >= 11 is 0. The zero-order valence-corrected chi connectivity index (χ0v) is 10.3. The molecular formula is C15H14N4. The van der Waals surface area contributed by atoms with Crippen LogP contribution >= 0.6 is 0 Å². The number of aromatic nitrogens is 2. The molecule has 0 aliphatic carbocycles. The third-order valence-corrected chi connectivity index (χ3v) is 3.22. The molecule has 19 heavy (non-hydrogen) atoms. The highest BCUT2D eigenvalue weighted by molar-refractivity contribution is 5.85. The fourth-order valence-corrected chi connectivity index (χ4v) is 2.22. The topological polar surface area (TPSA) is 77.8 Å². The molecule has 0 bridgehead atoms. The van der Waals surface area contributed by atoms with E-state index in [2.05, 4.69) is 9.97 Å². The molecule has 3 aromatic rings. The third kappa shape index (κ3) is 2.02. The van der Waals surface area contributed by atoms with Crippen LogP contribution in [0.1, 0.15) is 17.3 Å². The summed E-state index contributed by atoms with van der Waals surface area (Å²) in [4.78, 5) is 8.50. The van der Waals surface area contributed by atoms with Gasteiger partial charge < -0.3 is 11.5 Å². The maximum absolute atomic E-state index is 6.30. The Morgan fingerprint density at radius 2 is 1.84 bits per heavy atom. The van der Waals surface area contributed by atoms with Gasteiger partial charge in [-0.25, -0.2) is 0 Å². The summed E-state index contributed by atoms with van der Waals surface area (Å²) < 4.78 is 0. The van der Waals surface area contributed by atoms with Gasteiger partial charge in [0.2, 0.25) is 0 Å². The molecule has 0 amide bonds. The SMILES string of the molecule is Nc1ccncc1C(N)c1nccc2ccccc12. The summed E-state index contributed by atoms with van der Waals surface area (Å²) in [7, 11) is 0. The first-order valence-electron chi connectivity index (χ1n) is 6.06. The quantitative estimate of drug-likeness (QED) is 0.731. The molecule has 0 saturated carbocycles. The lowest BCUT2D eigenvalue weighted by molar-refractivity contribution is 0.836. The number of hydrogen-bond acceptors (Lipinski definition) is 4. The fraction of sp³-hybridized carbons (Fsp3) is 0.0667. The van der Waals surface area contributed by atoms with Crippen molar-refractivity contribution in [1.29, 1.82) is 0 Å². The molecule has 3 rings (SSSR count). The average Bonchev–Trinajstić information content (AvgIpc) is 2.46. The number of anilines is 1. The van der Waals surface area contributed by atoms with Gasteiger partial charge in [0.25, 0.3) is 0 Å². The van der Waals surface area contributed by atoms with Crippen molar-refractivity contribution in [2.75, 3.05) is 5.73 Å². The van der Waals surface area contributed by atoms with Crippen LogP contribution in [-0.2, 0) is 0 Å². The maximum atomic E-state index is 6.30. The summed E-state index contributed by atoms with van der Waals surface area (Å²) in [6, 6.07) is 11.4. The van der Waals surface area contributed by atoms with Crippen molar-refractivity contribution in [2.24, 2.45) is 5.73 Å². The van der Waals surface area contributed by atoms with Gasteiger partial charge in [-0.05, 0) is 17.5 Å². The van der Waals surface area contributed by atoms with Crippen molar-refractivity contribution in [3.05, 3.63) is 66.2 Å². The van der Waals surface area contributed by atoms with Gasteiger partial charge in [-0.15, -0.1) is 0 Å². The molecule has 0 aliphatic heterocycles. The highest BCUT2D eigenvalue weighted by atomic mass is 14.8. The molecule has 4 heteroatoms. The fourth-order valence-electron chi connectivity index (χ4n) is 2.22.